The number of aryl methyl sites for hydroxylation is 1. The van der Waals surface area contributed by atoms with E-state index < -0.39 is 0 Å². The van der Waals surface area contributed by atoms with Crippen LogP contribution in [0.2, 0.25) is 0 Å². The predicted molar refractivity (Wildman–Crippen MR) is 175 cm³/mol. The Morgan fingerprint density at radius 1 is 0.884 bits per heavy atom. The van der Waals surface area contributed by atoms with Crippen molar-refractivity contribution in [3.05, 3.63) is 70.2 Å². The Morgan fingerprint density at radius 2 is 1.56 bits per heavy atom. The van der Waals surface area contributed by atoms with Gasteiger partial charge in [-0.15, -0.1) is 0 Å². The summed E-state index contributed by atoms with van der Waals surface area (Å²) < 4.78 is 13.9. The first-order chi connectivity index (χ1) is 20.5. The van der Waals surface area contributed by atoms with Crippen LogP contribution in [-0.4, -0.2) is 26.8 Å². The zero-order valence-electron chi connectivity index (χ0n) is 26.7. The van der Waals surface area contributed by atoms with Gasteiger partial charge in [0.1, 0.15) is 0 Å². The van der Waals surface area contributed by atoms with Crippen molar-refractivity contribution in [3.63, 3.8) is 0 Å². The molecule has 2 amide bonds. The van der Waals surface area contributed by atoms with Crippen LogP contribution in [-0.2, 0) is 13.1 Å². The molecular weight excluding hydrogens is 622 g/mol. The van der Waals surface area contributed by atoms with E-state index in [1.165, 1.54) is 75.5 Å². The van der Waals surface area contributed by atoms with Gasteiger partial charge in [0, 0.05) is 18.3 Å². The molecule has 0 aliphatic rings. The van der Waals surface area contributed by atoms with Crippen molar-refractivity contribution in [1.82, 2.24) is 5.32 Å². The van der Waals surface area contributed by atoms with Gasteiger partial charge in [-0.1, -0.05) is 107 Å². The van der Waals surface area contributed by atoms with Crippen molar-refractivity contribution in [3.8, 4) is 11.5 Å². The van der Waals surface area contributed by atoms with E-state index >= 15 is 0 Å². The highest BCUT2D eigenvalue weighted by Gasteiger charge is 2.18. The number of hydrogen-bond acceptors (Lipinski definition) is 4. The third-order valence-electron chi connectivity index (χ3n) is 7.59. The van der Waals surface area contributed by atoms with E-state index in [9.17, 15) is 4.79 Å². The summed E-state index contributed by atoms with van der Waals surface area (Å²) in [5, 5.41) is 2.79. The molecule has 0 fully saturated rings. The molecule has 6 nitrogen and oxygen atoms in total. The molecule has 0 spiro atoms. The number of nitrogens with one attached hydrogen (secondary N) is 1. The maximum atomic E-state index is 12.9. The summed E-state index contributed by atoms with van der Waals surface area (Å²) >= 11 is 1.73. The Kier molecular flexibility index (Phi) is 18.0. The zero-order chi connectivity index (χ0) is 30.0. The van der Waals surface area contributed by atoms with Gasteiger partial charge in [-0.05, 0) is 43.2 Å². The molecule has 1 heterocycles. The van der Waals surface area contributed by atoms with Crippen molar-refractivity contribution >= 4 is 23.1 Å². The molecule has 0 saturated heterocycles. The smallest absolute Gasteiger partial charge is 0.321 e. The molecule has 0 aliphatic carbocycles. The Bertz CT molecular complexity index is 1200. The second kappa shape index (κ2) is 21.2. The molecular formula is C35H52BrN3O3S. The fourth-order valence-electron chi connectivity index (χ4n) is 5.21. The molecule has 0 radical (unpaired) electrons. The van der Waals surface area contributed by atoms with Crippen molar-refractivity contribution in [1.29, 1.82) is 0 Å². The fraction of sp³-hybridized carbons (Fsp3) is 0.543. The predicted octanol–water partition coefficient (Wildman–Crippen LogP) is 5.83. The van der Waals surface area contributed by atoms with Crippen LogP contribution in [0.3, 0.4) is 0 Å². The fourth-order valence-corrected chi connectivity index (χ4v) is 5.85. The largest absolute Gasteiger partial charge is 1.00 e. The third kappa shape index (κ3) is 13.3. The molecule has 1 N–H and O–H groups in total. The van der Waals surface area contributed by atoms with Crippen molar-refractivity contribution < 1.29 is 35.8 Å². The maximum Gasteiger partial charge on any atom is 0.321 e. The van der Waals surface area contributed by atoms with Gasteiger partial charge in [0.2, 0.25) is 5.51 Å². The van der Waals surface area contributed by atoms with Crippen LogP contribution in [0.4, 0.5) is 10.5 Å². The first kappa shape index (κ1) is 36.6. The molecule has 0 saturated carbocycles. The van der Waals surface area contributed by atoms with E-state index in [1.54, 1.807) is 30.4 Å². The van der Waals surface area contributed by atoms with E-state index in [0.29, 0.717) is 18.9 Å². The molecule has 0 unspecified atom stereocenters. The van der Waals surface area contributed by atoms with E-state index in [1.807, 2.05) is 30.3 Å². The van der Waals surface area contributed by atoms with E-state index in [2.05, 4.69) is 47.6 Å². The average molecular weight is 675 g/mol. The Balaban J connectivity index is 0.00000645. The molecule has 0 aliphatic heterocycles. The number of anilines is 1. The lowest BCUT2D eigenvalue weighted by molar-refractivity contribution is -0.683. The minimum absolute atomic E-state index is 0. The number of halogens is 1. The van der Waals surface area contributed by atoms with E-state index in [0.717, 1.165) is 35.5 Å². The lowest BCUT2D eigenvalue weighted by Crippen LogP contribution is -3.00. The number of hydrogen-bond donors (Lipinski definition) is 1. The lowest BCUT2D eigenvalue weighted by Gasteiger charge is -2.23. The number of benzene rings is 2. The van der Waals surface area contributed by atoms with Crippen LogP contribution in [0.15, 0.2) is 54.2 Å². The van der Waals surface area contributed by atoms with Gasteiger partial charge in [-0.25, -0.2) is 4.79 Å². The van der Waals surface area contributed by atoms with Gasteiger partial charge in [0.05, 0.1) is 25.1 Å². The summed E-state index contributed by atoms with van der Waals surface area (Å²) in [5.41, 5.74) is 5.09. The summed E-state index contributed by atoms with van der Waals surface area (Å²) in [5.74, 6) is 1.45. The lowest BCUT2D eigenvalue weighted by atomic mass is 10.1. The number of thiazole rings is 1. The van der Waals surface area contributed by atoms with Crippen LogP contribution < -0.4 is 41.2 Å². The number of unbranched alkanes of at least 4 members (excludes halogenated alkanes) is 11. The first-order valence-electron chi connectivity index (χ1n) is 15.9. The number of rotatable bonds is 20. The normalized spacial score (nSPS) is 10.7. The van der Waals surface area contributed by atoms with Gasteiger partial charge < -0.3 is 31.8 Å². The number of urea groups is 1. The molecule has 8 heteroatoms. The number of carbonyl (C=O) groups excluding carboxylic acids is 1. The molecule has 3 aromatic rings. The van der Waals surface area contributed by atoms with Gasteiger partial charge in [-0.3, -0.25) is 4.90 Å². The van der Waals surface area contributed by atoms with Crippen molar-refractivity contribution in [2.75, 3.05) is 25.7 Å². The van der Waals surface area contributed by atoms with Crippen LogP contribution in [0.1, 0.15) is 100.0 Å². The first-order valence-corrected chi connectivity index (χ1v) is 16.7. The molecule has 0 atom stereocenters. The highest BCUT2D eigenvalue weighted by molar-refractivity contribution is 7.09. The summed E-state index contributed by atoms with van der Waals surface area (Å²) in [7, 11) is 3.33. The monoisotopic (exact) mass is 673 g/mol. The van der Waals surface area contributed by atoms with Gasteiger partial charge in [-0.2, -0.15) is 4.57 Å². The standard InChI is InChI=1S/C35H51N3O3S.BrH/c1-5-6-7-8-9-10-11-12-13-14-15-16-22-41-33-21-20-31(24-34(33)40-4)27-38(35(39)36-3)32-19-17-18-30(23-32)26-37-25-29(2)42-28-37;/h17-21,23-25,28H,5-16,22,26-27H2,1-4H3;1H. The minimum Gasteiger partial charge on any atom is -1.00 e. The summed E-state index contributed by atoms with van der Waals surface area (Å²) in [4.78, 5) is 15.9. The highest BCUT2D eigenvalue weighted by Crippen LogP contribution is 2.30. The summed E-state index contributed by atoms with van der Waals surface area (Å²) in [6, 6.07) is 14.0. The molecule has 238 valence electrons. The molecule has 43 heavy (non-hydrogen) atoms. The number of amides is 2. The second-order valence-electron chi connectivity index (χ2n) is 11.2. The zero-order valence-corrected chi connectivity index (χ0v) is 29.1. The highest BCUT2D eigenvalue weighted by atomic mass is 79.9. The third-order valence-corrected chi connectivity index (χ3v) is 8.45. The topological polar surface area (TPSA) is 54.7 Å². The average Bonchev–Trinajstić information content (AvgIpc) is 3.42. The second-order valence-corrected chi connectivity index (χ2v) is 12.3. The van der Waals surface area contributed by atoms with Crippen molar-refractivity contribution in [2.45, 2.75) is 104 Å². The minimum atomic E-state index is -0.155. The molecule has 0 bridgehead atoms. The Morgan fingerprint density at radius 3 is 2.16 bits per heavy atom. The van der Waals surface area contributed by atoms with Gasteiger partial charge >= 0.3 is 6.03 Å². The maximum absolute atomic E-state index is 12.9. The molecule has 1 aromatic heterocycles. The number of methoxy groups -OCH3 is 1. The number of ether oxygens (including phenoxy) is 2. The summed E-state index contributed by atoms with van der Waals surface area (Å²) in [6.07, 6.45) is 18.0. The Hall–Kier alpha value is -2.58. The summed E-state index contributed by atoms with van der Waals surface area (Å²) in [6.45, 7) is 6.25. The quantitative estimate of drug-likeness (QED) is 0.121. The van der Waals surface area contributed by atoms with Crippen LogP contribution in [0.25, 0.3) is 0 Å². The Labute approximate surface area is 274 Å². The van der Waals surface area contributed by atoms with Crippen LogP contribution >= 0.6 is 11.3 Å². The van der Waals surface area contributed by atoms with Gasteiger partial charge in [0.15, 0.2) is 24.2 Å². The SMILES string of the molecule is CCCCCCCCCCCCCCOc1ccc(CN(C(=O)NC)c2cccc(C[n+]3csc(C)c3)c2)cc1OC.[Br-]. The van der Waals surface area contributed by atoms with Crippen molar-refractivity contribution in [2.24, 2.45) is 0 Å². The number of carbonyl (C=O) groups is 1. The molecule has 2 aromatic carbocycles. The van der Waals surface area contributed by atoms with Crippen LogP contribution in [0, 0.1) is 6.92 Å². The van der Waals surface area contributed by atoms with E-state index in [4.69, 9.17) is 9.47 Å². The van der Waals surface area contributed by atoms with Gasteiger partial charge in [0.25, 0.3) is 0 Å². The van der Waals surface area contributed by atoms with Crippen LogP contribution in [0.5, 0.6) is 11.5 Å². The molecule has 3 rings (SSSR count). The van der Waals surface area contributed by atoms with E-state index in [-0.39, 0.29) is 23.0 Å². The number of nitrogens with zero attached hydrogens (tertiary/aromatic N) is 2. The number of aromatic nitrogens is 1.